The van der Waals surface area contributed by atoms with Gasteiger partial charge in [0.15, 0.2) is 0 Å². The number of ether oxygens (including phenoxy) is 1. The van der Waals surface area contributed by atoms with Gasteiger partial charge in [-0.05, 0) is 44.0 Å². The molecule has 0 radical (unpaired) electrons. The number of hydrogen-bond acceptors (Lipinski definition) is 5. The summed E-state index contributed by atoms with van der Waals surface area (Å²) in [6.45, 7) is 7.19. The molecule has 0 bridgehead atoms. The third-order valence-corrected chi connectivity index (χ3v) is 5.29. The van der Waals surface area contributed by atoms with Crippen molar-refractivity contribution in [2.45, 2.75) is 45.6 Å². The number of hydrogen-bond donors (Lipinski definition) is 2. The molecular weight excluding hydrogens is 405 g/mol. The van der Waals surface area contributed by atoms with Crippen molar-refractivity contribution in [2.75, 3.05) is 13.2 Å². The highest BCUT2D eigenvalue weighted by Crippen LogP contribution is 2.26. The maximum Gasteiger partial charge on any atom is 0.226 e. The van der Waals surface area contributed by atoms with Crippen molar-refractivity contribution in [1.29, 1.82) is 0 Å². The van der Waals surface area contributed by atoms with Crippen LogP contribution in [0.1, 0.15) is 39.3 Å². The van der Waals surface area contributed by atoms with E-state index >= 15 is 0 Å². The van der Waals surface area contributed by atoms with E-state index in [1.54, 1.807) is 0 Å². The lowest BCUT2D eigenvalue weighted by molar-refractivity contribution is -0.120. The number of nitrogens with two attached hydrogens (primary N) is 1. The molecule has 2 rings (SSSR count). The number of aromatic nitrogens is 1. The number of carbonyl (C=O) groups excluding carboxylic acids is 1. The summed E-state index contributed by atoms with van der Waals surface area (Å²) < 4.78 is 5.45. The summed E-state index contributed by atoms with van der Waals surface area (Å²) in [6, 6.07) is 7.84. The van der Waals surface area contributed by atoms with Gasteiger partial charge >= 0.3 is 0 Å². The molecule has 27 heavy (non-hydrogen) atoms. The number of thiazole rings is 1. The Kier molecular flexibility index (Phi) is 11.6. The van der Waals surface area contributed by atoms with Crippen LogP contribution in [0.5, 0.6) is 5.75 Å². The number of nitrogens with one attached hydrogen (secondary N) is 1. The lowest BCUT2D eigenvalue weighted by Crippen LogP contribution is -2.49. The Morgan fingerprint density at radius 1 is 1.19 bits per heavy atom. The second-order valence-corrected chi connectivity index (χ2v) is 6.98. The van der Waals surface area contributed by atoms with Gasteiger partial charge in [0.2, 0.25) is 5.91 Å². The van der Waals surface area contributed by atoms with E-state index in [2.05, 4.69) is 10.3 Å². The van der Waals surface area contributed by atoms with Crippen molar-refractivity contribution in [3.05, 3.63) is 35.3 Å². The van der Waals surface area contributed by atoms with Crippen LogP contribution in [-0.4, -0.2) is 29.6 Å². The summed E-state index contributed by atoms with van der Waals surface area (Å²) in [7, 11) is 0. The van der Waals surface area contributed by atoms with Crippen molar-refractivity contribution in [3.63, 3.8) is 0 Å². The zero-order chi connectivity index (χ0) is 18.3. The topological polar surface area (TPSA) is 77.2 Å². The van der Waals surface area contributed by atoms with Crippen LogP contribution in [0.4, 0.5) is 0 Å². The molecule has 152 valence electrons. The molecule has 1 heterocycles. The van der Waals surface area contributed by atoms with Crippen LogP contribution >= 0.6 is 36.2 Å². The van der Waals surface area contributed by atoms with Gasteiger partial charge in [-0.25, -0.2) is 4.98 Å². The molecule has 1 aromatic carbocycles. The first-order valence-corrected chi connectivity index (χ1v) is 9.60. The summed E-state index contributed by atoms with van der Waals surface area (Å²) in [5.41, 5.74) is 7.69. The van der Waals surface area contributed by atoms with Gasteiger partial charge in [-0.2, -0.15) is 0 Å². The largest absolute Gasteiger partial charge is 0.494 e. The van der Waals surface area contributed by atoms with Crippen LogP contribution in [0, 0.1) is 0 Å². The second kappa shape index (κ2) is 12.2. The predicted molar refractivity (Wildman–Crippen MR) is 117 cm³/mol. The average molecular weight is 434 g/mol. The zero-order valence-electron chi connectivity index (χ0n) is 16.0. The van der Waals surface area contributed by atoms with Crippen molar-refractivity contribution in [3.8, 4) is 16.3 Å². The van der Waals surface area contributed by atoms with Crippen molar-refractivity contribution in [2.24, 2.45) is 5.73 Å². The molecule has 8 heteroatoms. The van der Waals surface area contributed by atoms with Crippen molar-refractivity contribution >= 4 is 42.1 Å². The lowest BCUT2D eigenvalue weighted by atomic mass is 9.94. The molecule has 0 atom stereocenters. The first kappa shape index (κ1) is 25.7. The SMILES string of the molecule is CCOc1ccc(-c2nc(CC(=O)NCC(N)(CC)CC)cs2)cc1.Cl.Cl. The van der Waals surface area contributed by atoms with Crippen molar-refractivity contribution in [1.82, 2.24) is 10.3 Å². The predicted octanol–water partition coefficient (Wildman–Crippen LogP) is 4.23. The van der Waals surface area contributed by atoms with Gasteiger partial charge in [-0.15, -0.1) is 36.2 Å². The molecule has 5 nitrogen and oxygen atoms in total. The zero-order valence-corrected chi connectivity index (χ0v) is 18.4. The smallest absolute Gasteiger partial charge is 0.226 e. The molecule has 3 N–H and O–H groups in total. The summed E-state index contributed by atoms with van der Waals surface area (Å²) in [5, 5.41) is 5.76. The molecule has 0 aliphatic heterocycles. The molecule has 0 fully saturated rings. The highest BCUT2D eigenvalue weighted by Gasteiger charge is 2.21. The third kappa shape index (κ3) is 7.66. The first-order chi connectivity index (χ1) is 12.0. The fraction of sp³-hybridized carbons (Fsp3) is 0.474. The van der Waals surface area contributed by atoms with Crippen molar-refractivity contribution < 1.29 is 9.53 Å². The van der Waals surface area contributed by atoms with Crippen LogP contribution in [0.25, 0.3) is 10.6 Å². The Hall–Kier alpha value is -1.34. The fourth-order valence-corrected chi connectivity index (χ4v) is 3.21. The van der Waals surface area contributed by atoms with E-state index in [-0.39, 0.29) is 42.7 Å². The molecule has 0 aliphatic rings. The highest BCUT2D eigenvalue weighted by molar-refractivity contribution is 7.13. The van der Waals surface area contributed by atoms with Gasteiger partial charge in [0.05, 0.1) is 18.7 Å². The minimum atomic E-state index is -0.328. The number of carbonyl (C=O) groups is 1. The van der Waals surface area contributed by atoms with Crippen LogP contribution in [0.2, 0.25) is 0 Å². The van der Waals surface area contributed by atoms with E-state index in [1.807, 2.05) is 50.4 Å². The Balaban J connectivity index is 0.00000338. The van der Waals surface area contributed by atoms with Gasteiger partial charge in [-0.3, -0.25) is 4.79 Å². The number of rotatable bonds is 9. The molecule has 2 aromatic rings. The van der Waals surface area contributed by atoms with Gasteiger partial charge in [0.1, 0.15) is 10.8 Å². The number of benzene rings is 1. The fourth-order valence-electron chi connectivity index (χ4n) is 2.38. The molecule has 1 amide bonds. The van der Waals surface area contributed by atoms with Gasteiger partial charge < -0.3 is 15.8 Å². The van der Waals surface area contributed by atoms with Gasteiger partial charge in [0, 0.05) is 23.0 Å². The average Bonchev–Trinajstić information content (AvgIpc) is 3.09. The summed E-state index contributed by atoms with van der Waals surface area (Å²) in [5.74, 6) is 0.805. The van der Waals surface area contributed by atoms with E-state index in [1.165, 1.54) is 11.3 Å². The lowest BCUT2D eigenvalue weighted by Gasteiger charge is -2.26. The Bertz CT molecular complexity index is 689. The van der Waals surface area contributed by atoms with Crippen LogP contribution < -0.4 is 15.8 Å². The minimum absolute atomic E-state index is 0. The molecule has 0 saturated heterocycles. The molecule has 0 saturated carbocycles. The highest BCUT2D eigenvalue weighted by atomic mass is 35.5. The molecule has 0 unspecified atom stereocenters. The quantitative estimate of drug-likeness (QED) is 0.619. The molecular formula is C19H29Cl2N3O2S. The normalized spacial score (nSPS) is 10.5. The first-order valence-electron chi connectivity index (χ1n) is 8.73. The van der Waals surface area contributed by atoms with Gasteiger partial charge in [-0.1, -0.05) is 13.8 Å². The van der Waals surface area contributed by atoms with E-state index in [9.17, 15) is 4.79 Å². The van der Waals surface area contributed by atoms with Gasteiger partial charge in [0.25, 0.3) is 0 Å². The monoisotopic (exact) mass is 433 g/mol. The Morgan fingerprint density at radius 3 is 2.37 bits per heavy atom. The Labute approximate surface area is 177 Å². The third-order valence-electron chi connectivity index (χ3n) is 4.35. The maximum atomic E-state index is 12.1. The molecule has 0 spiro atoms. The Morgan fingerprint density at radius 2 is 1.81 bits per heavy atom. The maximum absolute atomic E-state index is 12.1. The summed E-state index contributed by atoms with van der Waals surface area (Å²) in [6.07, 6.45) is 1.95. The number of halogens is 2. The molecule has 1 aromatic heterocycles. The standard InChI is InChI=1S/C19H27N3O2S.2ClH/c1-4-19(20,5-2)13-21-17(23)11-15-12-25-18(22-15)14-7-9-16(10-8-14)24-6-3;;/h7-10,12H,4-6,11,13,20H2,1-3H3,(H,21,23);2*1H. The van der Waals surface area contributed by atoms with Crippen LogP contribution in [-0.2, 0) is 11.2 Å². The van der Waals surface area contributed by atoms with Crippen LogP contribution in [0.3, 0.4) is 0 Å². The van der Waals surface area contributed by atoms with E-state index in [0.717, 1.165) is 34.9 Å². The summed E-state index contributed by atoms with van der Waals surface area (Å²) in [4.78, 5) is 16.7. The number of amides is 1. The van der Waals surface area contributed by atoms with Crippen LogP contribution in [0.15, 0.2) is 29.6 Å². The van der Waals surface area contributed by atoms with E-state index < -0.39 is 0 Å². The minimum Gasteiger partial charge on any atom is -0.494 e. The van der Waals surface area contributed by atoms with E-state index in [0.29, 0.717) is 13.2 Å². The second-order valence-electron chi connectivity index (χ2n) is 6.12. The molecule has 0 aliphatic carbocycles. The summed E-state index contributed by atoms with van der Waals surface area (Å²) >= 11 is 1.54. The number of nitrogens with zero attached hydrogens (tertiary/aromatic N) is 1. The van der Waals surface area contributed by atoms with E-state index in [4.69, 9.17) is 10.5 Å².